The Morgan fingerprint density at radius 2 is 0.980 bits per heavy atom. The smallest absolute Gasteiger partial charge is 0.132 e. The van der Waals surface area contributed by atoms with Crippen molar-refractivity contribution in [3.63, 3.8) is 0 Å². The molecule has 1 aliphatic heterocycles. The third kappa shape index (κ3) is 4.39. The van der Waals surface area contributed by atoms with Crippen LogP contribution in [0.3, 0.4) is 0 Å². The lowest BCUT2D eigenvalue weighted by Crippen LogP contribution is -2.15. The van der Waals surface area contributed by atoms with Gasteiger partial charge in [0.05, 0.1) is 0 Å². The summed E-state index contributed by atoms with van der Waals surface area (Å²) in [5.41, 5.74) is 13.6. The summed E-state index contributed by atoms with van der Waals surface area (Å²) in [6, 6.07) is 49.9. The minimum Gasteiger partial charge on any atom is -0.484 e. The van der Waals surface area contributed by atoms with E-state index in [0.29, 0.717) is 0 Å². The van der Waals surface area contributed by atoms with Crippen LogP contribution in [0, 0.1) is 13.8 Å². The lowest BCUT2D eigenvalue weighted by Gasteiger charge is -2.20. The fraction of sp³-hybridized carbons (Fsp3) is 0.0833. The van der Waals surface area contributed by atoms with Gasteiger partial charge in [-0.2, -0.15) is 0 Å². The zero-order valence-corrected chi connectivity index (χ0v) is 27.6. The molecule has 0 radical (unpaired) electrons. The predicted molar refractivity (Wildman–Crippen MR) is 207 cm³/mol. The molecule has 2 unspecified atom stereocenters. The minimum absolute atomic E-state index is 0.0735. The quantitative estimate of drug-likeness (QED) is 0.177. The van der Waals surface area contributed by atoms with Gasteiger partial charge in [0.25, 0.3) is 0 Å². The van der Waals surface area contributed by atoms with Gasteiger partial charge in [0.15, 0.2) is 0 Å². The Labute approximate surface area is 286 Å². The Hall–Kier alpha value is -5.92. The molecule has 1 nitrogen and oxygen atoms in total. The van der Waals surface area contributed by atoms with Crippen LogP contribution in [-0.2, 0) is 0 Å². The van der Waals surface area contributed by atoms with Crippen LogP contribution in [-0.4, -0.2) is 6.10 Å². The molecule has 8 aromatic rings. The van der Waals surface area contributed by atoms with Gasteiger partial charge in [0.1, 0.15) is 11.9 Å². The van der Waals surface area contributed by atoms with Gasteiger partial charge in [0.2, 0.25) is 0 Å². The summed E-state index contributed by atoms with van der Waals surface area (Å²) in [4.78, 5) is 0. The topological polar surface area (TPSA) is 9.23 Å². The number of hydrogen-bond acceptors (Lipinski definition) is 1. The summed E-state index contributed by atoms with van der Waals surface area (Å²) in [7, 11) is 0. The van der Waals surface area contributed by atoms with Crippen molar-refractivity contribution >= 4 is 32.3 Å². The van der Waals surface area contributed by atoms with Crippen LogP contribution in [0.4, 0.5) is 0 Å². The van der Waals surface area contributed by atoms with E-state index < -0.39 is 0 Å². The lowest BCUT2D eigenvalue weighted by atomic mass is 9.83. The standard InChI is InChI=1S/C48H34O/c1-29-10-14-31(15-11-29)36-24-22-35-23-25-40-43(33-16-12-30(2)13-17-33)28-44(41-27-26-39(36)46(35)47(40)41)34-20-18-32(19-21-34)37-7-5-8-42-38-6-3-4-9-45(38)49-48(37)42/h3-28,38,45H,1-2H3. The van der Waals surface area contributed by atoms with Gasteiger partial charge < -0.3 is 4.74 Å². The Bertz CT molecular complexity index is 2620. The summed E-state index contributed by atoms with van der Waals surface area (Å²) < 4.78 is 6.52. The molecule has 0 bridgehead atoms. The van der Waals surface area contributed by atoms with Gasteiger partial charge >= 0.3 is 0 Å². The van der Waals surface area contributed by atoms with Crippen LogP contribution in [0.1, 0.15) is 22.6 Å². The first-order valence-electron chi connectivity index (χ1n) is 17.2. The van der Waals surface area contributed by atoms with Gasteiger partial charge in [-0.25, -0.2) is 0 Å². The van der Waals surface area contributed by atoms with Gasteiger partial charge in [-0.15, -0.1) is 0 Å². The highest BCUT2D eigenvalue weighted by Gasteiger charge is 2.33. The summed E-state index contributed by atoms with van der Waals surface area (Å²) in [5, 5.41) is 7.81. The highest BCUT2D eigenvalue weighted by Crippen LogP contribution is 2.48. The number of allylic oxidation sites excluding steroid dienone is 2. The Morgan fingerprint density at radius 1 is 0.449 bits per heavy atom. The van der Waals surface area contributed by atoms with E-state index in [2.05, 4.69) is 172 Å². The molecular weight excluding hydrogens is 593 g/mol. The molecule has 1 heteroatoms. The van der Waals surface area contributed by atoms with Crippen molar-refractivity contribution < 1.29 is 4.74 Å². The van der Waals surface area contributed by atoms with E-state index in [1.165, 1.54) is 88.0 Å². The first-order valence-corrected chi connectivity index (χ1v) is 17.2. The number of fused-ring (bicyclic) bond motifs is 3. The molecule has 232 valence electrons. The van der Waals surface area contributed by atoms with E-state index in [1.54, 1.807) is 0 Å². The predicted octanol–water partition coefficient (Wildman–Crippen LogP) is 12.8. The number of rotatable bonds is 4. The van der Waals surface area contributed by atoms with Crippen molar-refractivity contribution in [3.05, 3.63) is 174 Å². The number of ether oxygens (including phenoxy) is 1. The first-order chi connectivity index (χ1) is 24.1. The van der Waals surface area contributed by atoms with Crippen molar-refractivity contribution in [2.75, 3.05) is 0 Å². The van der Waals surface area contributed by atoms with Gasteiger partial charge in [-0.1, -0.05) is 157 Å². The molecule has 2 atom stereocenters. The molecule has 1 heterocycles. The Kier molecular flexibility index (Phi) is 6.20. The molecule has 0 spiro atoms. The van der Waals surface area contributed by atoms with Crippen LogP contribution >= 0.6 is 0 Å². The van der Waals surface area contributed by atoms with Crippen molar-refractivity contribution in [2.24, 2.45) is 0 Å². The molecule has 0 aromatic heterocycles. The van der Waals surface area contributed by atoms with Gasteiger partial charge in [0, 0.05) is 17.0 Å². The van der Waals surface area contributed by atoms with Crippen LogP contribution < -0.4 is 4.74 Å². The maximum atomic E-state index is 6.52. The summed E-state index contributed by atoms with van der Waals surface area (Å²) in [5.74, 6) is 1.29. The second-order valence-corrected chi connectivity index (χ2v) is 13.7. The zero-order valence-electron chi connectivity index (χ0n) is 27.6. The summed E-state index contributed by atoms with van der Waals surface area (Å²) in [6.45, 7) is 4.30. The van der Waals surface area contributed by atoms with E-state index in [4.69, 9.17) is 4.74 Å². The number of para-hydroxylation sites is 1. The van der Waals surface area contributed by atoms with E-state index in [9.17, 15) is 0 Å². The maximum Gasteiger partial charge on any atom is 0.132 e. The number of benzene rings is 8. The fourth-order valence-electron chi connectivity index (χ4n) is 8.21. The highest BCUT2D eigenvalue weighted by molar-refractivity contribution is 6.30. The second kappa shape index (κ2) is 10.8. The largest absolute Gasteiger partial charge is 0.484 e. The molecule has 0 N–H and O–H groups in total. The lowest BCUT2D eigenvalue weighted by molar-refractivity contribution is 0.270. The Balaban J connectivity index is 1.18. The normalized spacial score (nSPS) is 16.4. The monoisotopic (exact) mass is 626 g/mol. The minimum atomic E-state index is 0.0735. The van der Waals surface area contributed by atoms with Crippen LogP contribution in [0.25, 0.3) is 76.8 Å². The molecule has 10 rings (SSSR count). The van der Waals surface area contributed by atoms with Crippen LogP contribution in [0.2, 0.25) is 0 Å². The molecular formula is C48H34O. The van der Waals surface area contributed by atoms with Crippen molar-refractivity contribution in [2.45, 2.75) is 25.9 Å². The third-order valence-electron chi connectivity index (χ3n) is 10.8. The SMILES string of the molecule is Cc1ccc(-c2ccc3ccc4c(-c5ccc(C)cc5)cc(-c5ccc(-c6cccc7c6OC6C=CC=CC76)cc5)c5ccc2c3c45)cc1. The zero-order chi connectivity index (χ0) is 32.6. The van der Waals surface area contributed by atoms with Crippen molar-refractivity contribution in [1.82, 2.24) is 0 Å². The second-order valence-electron chi connectivity index (χ2n) is 13.7. The van der Waals surface area contributed by atoms with E-state index in [-0.39, 0.29) is 12.0 Å². The van der Waals surface area contributed by atoms with Crippen LogP contribution in [0.5, 0.6) is 5.75 Å². The molecule has 0 saturated carbocycles. The number of aryl methyl sites for hydroxylation is 2. The number of hydrogen-bond donors (Lipinski definition) is 0. The third-order valence-corrected chi connectivity index (χ3v) is 10.8. The average molecular weight is 627 g/mol. The first kappa shape index (κ1) is 28.1. The molecule has 0 fully saturated rings. The summed E-state index contributed by atoms with van der Waals surface area (Å²) >= 11 is 0. The van der Waals surface area contributed by atoms with Crippen molar-refractivity contribution in [3.8, 4) is 50.3 Å². The van der Waals surface area contributed by atoms with Gasteiger partial charge in [-0.3, -0.25) is 0 Å². The van der Waals surface area contributed by atoms with E-state index in [1.807, 2.05) is 0 Å². The molecule has 1 aliphatic carbocycles. The van der Waals surface area contributed by atoms with Gasteiger partial charge in [-0.05, 0) is 97.3 Å². The van der Waals surface area contributed by atoms with Crippen molar-refractivity contribution in [1.29, 1.82) is 0 Å². The Morgan fingerprint density at radius 3 is 1.65 bits per heavy atom. The van der Waals surface area contributed by atoms with Crippen LogP contribution in [0.15, 0.2) is 158 Å². The molecule has 2 aliphatic rings. The average Bonchev–Trinajstić information content (AvgIpc) is 3.53. The molecule has 8 aromatic carbocycles. The van der Waals surface area contributed by atoms with E-state index in [0.717, 1.165) is 11.3 Å². The summed E-state index contributed by atoms with van der Waals surface area (Å²) in [6.07, 6.45) is 8.72. The maximum absolute atomic E-state index is 6.52. The highest BCUT2D eigenvalue weighted by atomic mass is 16.5. The molecule has 49 heavy (non-hydrogen) atoms. The van der Waals surface area contributed by atoms with E-state index >= 15 is 0 Å². The molecule has 0 saturated heterocycles. The molecule has 0 amide bonds. The fourth-order valence-corrected chi connectivity index (χ4v) is 8.21.